The number of nitrogens with zero attached hydrogens (tertiary/aromatic N) is 5. The summed E-state index contributed by atoms with van der Waals surface area (Å²) in [5, 5.41) is 4.57. The number of pyridine rings is 1. The Balaban J connectivity index is 1.59. The second-order valence-corrected chi connectivity index (χ2v) is 7.80. The highest BCUT2D eigenvalue weighted by molar-refractivity contribution is 6.00. The number of benzene rings is 1. The Morgan fingerprint density at radius 3 is 2.75 bits per heavy atom. The van der Waals surface area contributed by atoms with E-state index in [1.165, 1.54) is 0 Å². The van der Waals surface area contributed by atoms with Crippen LogP contribution in [0.3, 0.4) is 0 Å². The lowest BCUT2D eigenvalue weighted by molar-refractivity contribution is -0.116. The van der Waals surface area contributed by atoms with Gasteiger partial charge in [-0.2, -0.15) is 0 Å². The van der Waals surface area contributed by atoms with Gasteiger partial charge in [0.25, 0.3) is 0 Å². The van der Waals surface area contributed by atoms with Crippen LogP contribution in [0.4, 0.5) is 0 Å². The highest BCUT2D eigenvalue weighted by Crippen LogP contribution is 2.47. The number of fused-ring (bicyclic) bond motifs is 3. The predicted octanol–water partition coefficient (Wildman–Crippen LogP) is 3.73. The van der Waals surface area contributed by atoms with Crippen LogP contribution in [0.5, 0.6) is 11.6 Å². The van der Waals surface area contributed by atoms with Gasteiger partial charge in [0, 0.05) is 30.5 Å². The Hall–Kier alpha value is -4.07. The fourth-order valence-electron chi connectivity index (χ4n) is 4.45. The van der Waals surface area contributed by atoms with E-state index in [1.54, 1.807) is 24.1 Å². The number of aromatic nitrogens is 5. The molecular weight excluding hydrogens is 406 g/mol. The minimum absolute atomic E-state index is 0.101. The van der Waals surface area contributed by atoms with Crippen LogP contribution >= 0.6 is 0 Å². The Labute approximate surface area is 183 Å². The molecule has 1 unspecified atom stereocenters. The van der Waals surface area contributed by atoms with E-state index in [9.17, 15) is 4.79 Å². The van der Waals surface area contributed by atoms with Gasteiger partial charge in [0.05, 0.1) is 12.7 Å². The van der Waals surface area contributed by atoms with Crippen molar-refractivity contribution in [2.24, 2.45) is 0 Å². The molecule has 0 N–H and O–H groups in total. The van der Waals surface area contributed by atoms with Gasteiger partial charge in [0.1, 0.15) is 23.5 Å². The molecule has 2 aliphatic rings. The van der Waals surface area contributed by atoms with Crippen LogP contribution in [-0.2, 0) is 4.79 Å². The van der Waals surface area contributed by atoms with Crippen LogP contribution in [0.1, 0.15) is 36.3 Å². The first kappa shape index (κ1) is 18.7. The van der Waals surface area contributed by atoms with Crippen molar-refractivity contribution in [2.75, 3.05) is 7.11 Å². The maximum Gasteiger partial charge on any atom is 0.228 e. The smallest absolute Gasteiger partial charge is 0.228 e. The molecule has 32 heavy (non-hydrogen) atoms. The Bertz CT molecular complexity index is 1380. The minimum Gasteiger partial charge on any atom is -0.497 e. The zero-order valence-corrected chi connectivity index (χ0v) is 17.4. The molecule has 0 saturated heterocycles. The molecule has 6 rings (SSSR count). The number of ether oxygens (including phenoxy) is 2. The molecule has 4 aromatic rings. The first-order valence-electron chi connectivity index (χ1n) is 10.5. The maximum absolute atomic E-state index is 13.1. The van der Waals surface area contributed by atoms with Crippen molar-refractivity contribution < 1.29 is 14.3 Å². The minimum atomic E-state index is -0.343. The number of ketones is 1. The van der Waals surface area contributed by atoms with Crippen molar-refractivity contribution in [1.82, 2.24) is 24.6 Å². The first-order chi connectivity index (χ1) is 15.7. The number of rotatable bonds is 3. The first-order valence-corrected chi connectivity index (χ1v) is 10.5. The standard InChI is InChI=1S/C24H19N5O3/c1-31-15-10-8-14(9-11-15)19-20-17(30)6-4-7-18(20)32-24-21(19)23-27-22(28-29(23)13-26-24)16-5-2-3-12-25-16/h2-3,5,8-13,19H,4,6-7H2,1H3. The monoisotopic (exact) mass is 425 g/mol. The maximum atomic E-state index is 13.1. The van der Waals surface area contributed by atoms with Crippen molar-refractivity contribution in [3.8, 4) is 23.1 Å². The van der Waals surface area contributed by atoms with E-state index in [0.717, 1.165) is 23.3 Å². The van der Waals surface area contributed by atoms with E-state index in [-0.39, 0.29) is 11.7 Å². The third-order valence-corrected chi connectivity index (χ3v) is 5.94. The average molecular weight is 425 g/mol. The molecule has 4 heterocycles. The number of allylic oxidation sites excluding steroid dienone is 2. The third-order valence-electron chi connectivity index (χ3n) is 5.94. The van der Waals surface area contributed by atoms with Gasteiger partial charge >= 0.3 is 0 Å². The summed E-state index contributed by atoms with van der Waals surface area (Å²) >= 11 is 0. The number of methoxy groups -OCH3 is 1. The molecule has 158 valence electrons. The fourth-order valence-corrected chi connectivity index (χ4v) is 4.45. The fraction of sp³-hybridized carbons (Fsp3) is 0.208. The van der Waals surface area contributed by atoms with Gasteiger partial charge in [-0.15, -0.1) is 5.10 Å². The Kier molecular flexibility index (Phi) is 4.24. The van der Waals surface area contributed by atoms with Gasteiger partial charge in [0.15, 0.2) is 11.4 Å². The van der Waals surface area contributed by atoms with Gasteiger partial charge in [-0.25, -0.2) is 14.5 Å². The van der Waals surface area contributed by atoms with Crippen LogP contribution in [-0.4, -0.2) is 37.5 Å². The summed E-state index contributed by atoms with van der Waals surface area (Å²) in [5.74, 6) is 2.17. The average Bonchev–Trinajstić information content (AvgIpc) is 3.28. The number of hydrogen-bond acceptors (Lipinski definition) is 7. The molecule has 0 radical (unpaired) electrons. The largest absolute Gasteiger partial charge is 0.497 e. The molecule has 0 saturated carbocycles. The summed E-state index contributed by atoms with van der Waals surface area (Å²) in [6.45, 7) is 0. The van der Waals surface area contributed by atoms with Crippen LogP contribution in [0.2, 0.25) is 0 Å². The topological polar surface area (TPSA) is 91.5 Å². The SMILES string of the molecule is COc1ccc(C2C3=C(CCCC3=O)Oc3ncn4nc(-c5ccccn5)nc4c32)cc1. The summed E-state index contributed by atoms with van der Waals surface area (Å²) in [5.41, 5.74) is 3.64. The number of Topliss-reactive ketones (excluding diaryl/α,β-unsaturated/α-hetero) is 1. The van der Waals surface area contributed by atoms with E-state index >= 15 is 0 Å². The van der Waals surface area contributed by atoms with E-state index < -0.39 is 0 Å². The zero-order valence-electron chi connectivity index (χ0n) is 17.4. The van der Waals surface area contributed by atoms with Crippen LogP contribution in [0, 0.1) is 0 Å². The number of carbonyl (C=O) groups is 1. The molecule has 1 aliphatic carbocycles. The molecule has 8 heteroatoms. The van der Waals surface area contributed by atoms with Crippen molar-refractivity contribution in [1.29, 1.82) is 0 Å². The molecule has 8 nitrogen and oxygen atoms in total. The second kappa shape index (κ2) is 7.26. The lowest BCUT2D eigenvalue weighted by atomic mass is 9.78. The van der Waals surface area contributed by atoms with Crippen LogP contribution in [0.15, 0.2) is 66.3 Å². The number of hydrogen-bond donors (Lipinski definition) is 0. The predicted molar refractivity (Wildman–Crippen MR) is 115 cm³/mol. The van der Waals surface area contributed by atoms with Crippen molar-refractivity contribution in [3.05, 3.63) is 77.4 Å². The molecule has 1 aliphatic heterocycles. The quantitative estimate of drug-likeness (QED) is 0.494. The summed E-state index contributed by atoms with van der Waals surface area (Å²) < 4.78 is 13.1. The normalized spacial score (nSPS) is 17.7. The Morgan fingerprint density at radius 2 is 1.97 bits per heavy atom. The lowest BCUT2D eigenvalue weighted by Crippen LogP contribution is -2.26. The highest BCUT2D eigenvalue weighted by Gasteiger charge is 2.39. The van der Waals surface area contributed by atoms with Gasteiger partial charge in [-0.3, -0.25) is 9.78 Å². The second-order valence-electron chi connectivity index (χ2n) is 7.80. The van der Waals surface area contributed by atoms with Crippen molar-refractivity contribution >= 4 is 11.4 Å². The molecular formula is C24H19N5O3. The zero-order chi connectivity index (χ0) is 21.7. The summed E-state index contributed by atoms with van der Waals surface area (Å²) in [6.07, 6.45) is 5.29. The van der Waals surface area contributed by atoms with Gasteiger partial charge < -0.3 is 9.47 Å². The van der Waals surface area contributed by atoms with E-state index in [2.05, 4.69) is 15.1 Å². The molecule has 0 amide bonds. The highest BCUT2D eigenvalue weighted by atomic mass is 16.5. The van der Waals surface area contributed by atoms with E-state index in [1.807, 2.05) is 42.5 Å². The third kappa shape index (κ3) is 2.87. The van der Waals surface area contributed by atoms with E-state index in [4.69, 9.17) is 14.5 Å². The molecule has 3 aromatic heterocycles. The number of carbonyl (C=O) groups excluding carboxylic acids is 1. The van der Waals surface area contributed by atoms with E-state index in [0.29, 0.717) is 47.2 Å². The molecule has 1 aromatic carbocycles. The van der Waals surface area contributed by atoms with Gasteiger partial charge in [0.2, 0.25) is 11.7 Å². The van der Waals surface area contributed by atoms with Crippen LogP contribution < -0.4 is 9.47 Å². The van der Waals surface area contributed by atoms with Gasteiger partial charge in [-0.1, -0.05) is 18.2 Å². The van der Waals surface area contributed by atoms with Crippen molar-refractivity contribution in [2.45, 2.75) is 25.2 Å². The summed E-state index contributed by atoms with van der Waals surface area (Å²) in [6, 6.07) is 13.3. The Morgan fingerprint density at radius 1 is 1.09 bits per heavy atom. The van der Waals surface area contributed by atoms with Crippen molar-refractivity contribution in [3.63, 3.8) is 0 Å². The molecule has 0 bridgehead atoms. The molecule has 0 spiro atoms. The summed E-state index contributed by atoms with van der Waals surface area (Å²) in [4.78, 5) is 26.7. The molecule has 0 fully saturated rings. The molecule has 1 atom stereocenters. The lowest BCUT2D eigenvalue weighted by Gasteiger charge is -2.32. The van der Waals surface area contributed by atoms with Crippen LogP contribution in [0.25, 0.3) is 17.2 Å². The van der Waals surface area contributed by atoms with Gasteiger partial charge in [-0.05, 0) is 36.2 Å². The summed E-state index contributed by atoms with van der Waals surface area (Å²) in [7, 11) is 1.63.